The first kappa shape index (κ1) is 17.5. The Balaban J connectivity index is 2.32. The van der Waals surface area contributed by atoms with Crippen molar-refractivity contribution in [1.82, 2.24) is 5.32 Å². The van der Waals surface area contributed by atoms with E-state index >= 15 is 0 Å². The molecular weight excluding hydrogens is 266 g/mol. The van der Waals surface area contributed by atoms with Gasteiger partial charge in [-0.1, -0.05) is 75.6 Å². The second kappa shape index (κ2) is 10.2. The molecule has 1 unspecified atom stereocenters. The zero-order valence-electron chi connectivity index (χ0n) is 13.3. The van der Waals surface area contributed by atoms with Gasteiger partial charge in [0.25, 0.3) is 0 Å². The van der Waals surface area contributed by atoms with E-state index in [0.29, 0.717) is 6.04 Å². The van der Waals surface area contributed by atoms with Gasteiger partial charge in [-0.05, 0) is 37.6 Å². The fourth-order valence-electron chi connectivity index (χ4n) is 2.68. The van der Waals surface area contributed by atoms with Crippen molar-refractivity contribution in [2.75, 3.05) is 7.05 Å². The fraction of sp³-hybridized carbons (Fsp3) is 0.667. The van der Waals surface area contributed by atoms with Crippen LogP contribution in [0.25, 0.3) is 0 Å². The van der Waals surface area contributed by atoms with Gasteiger partial charge in [0.05, 0.1) is 0 Å². The van der Waals surface area contributed by atoms with Crippen LogP contribution in [0, 0.1) is 6.92 Å². The molecule has 114 valence electrons. The predicted molar refractivity (Wildman–Crippen MR) is 90.6 cm³/mol. The van der Waals surface area contributed by atoms with Crippen LogP contribution in [0.2, 0.25) is 5.02 Å². The molecule has 0 radical (unpaired) electrons. The molecule has 0 aliphatic heterocycles. The van der Waals surface area contributed by atoms with Gasteiger partial charge in [0.2, 0.25) is 0 Å². The summed E-state index contributed by atoms with van der Waals surface area (Å²) in [6, 6.07) is 6.77. The minimum atomic E-state index is 0.388. The molecule has 0 aliphatic carbocycles. The Morgan fingerprint density at radius 1 is 1.05 bits per heavy atom. The number of unbranched alkanes of at least 4 members (excludes halogenated alkanes) is 6. The molecule has 1 aromatic rings. The number of rotatable bonds is 10. The van der Waals surface area contributed by atoms with Crippen LogP contribution in [-0.2, 0) is 0 Å². The van der Waals surface area contributed by atoms with E-state index in [9.17, 15) is 0 Å². The van der Waals surface area contributed by atoms with Crippen LogP contribution in [-0.4, -0.2) is 7.05 Å². The van der Waals surface area contributed by atoms with Gasteiger partial charge in [0.15, 0.2) is 0 Å². The average Bonchev–Trinajstić information content (AvgIpc) is 2.43. The lowest BCUT2D eigenvalue weighted by Crippen LogP contribution is -2.16. The summed E-state index contributed by atoms with van der Waals surface area (Å²) in [5.74, 6) is 0. The van der Waals surface area contributed by atoms with E-state index in [1.54, 1.807) is 0 Å². The number of nitrogens with one attached hydrogen (secondary N) is 1. The summed E-state index contributed by atoms with van der Waals surface area (Å²) < 4.78 is 0. The molecular formula is C18H30ClN. The number of benzene rings is 1. The van der Waals surface area contributed by atoms with E-state index < -0.39 is 0 Å². The minimum absolute atomic E-state index is 0.388. The Hall–Kier alpha value is -0.530. The highest BCUT2D eigenvalue weighted by Crippen LogP contribution is 2.27. The molecule has 0 amide bonds. The first-order valence-electron chi connectivity index (χ1n) is 8.12. The molecule has 0 fully saturated rings. The molecule has 0 heterocycles. The SMILES string of the molecule is CCCCCCCCCC(NC)c1ccc(C)cc1Cl. The maximum absolute atomic E-state index is 6.36. The topological polar surface area (TPSA) is 12.0 Å². The Kier molecular flexibility index (Phi) is 8.97. The van der Waals surface area contributed by atoms with Crippen LogP contribution in [0.3, 0.4) is 0 Å². The summed E-state index contributed by atoms with van der Waals surface area (Å²) in [7, 11) is 2.03. The molecule has 1 atom stereocenters. The van der Waals surface area contributed by atoms with E-state index in [1.807, 2.05) is 7.05 Å². The smallest absolute Gasteiger partial charge is 0.0456 e. The molecule has 1 aromatic carbocycles. The van der Waals surface area contributed by atoms with Crippen LogP contribution in [0.5, 0.6) is 0 Å². The second-order valence-corrected chi connectivity index (χ2v) is 6.18. The third-order valence-corrected chi connectivity index (χ3v) is 4.30. The molecule has 0 bridgehead atoms. The first-order valence-corrected chi connectivity index (χ1v) is 8.50. The van der Waals surface area contributed by atoms with Crippen molar-refractivity contribution < 1.29 is 0 Å². The predicted octanol–water partition coefficient (Wildman–Crippen LogP) is 6.05. The average molecular weight is 296 g/mol. The lowest BCUT2D eigenvalue weighted by Gasteiger charge is -2.18. The molecule has 0 saturated carbocycles. The summed E-state index contributed by atoms with van der Waals surface area (Å²) in [6.45, 7) is 4.35. The number of hydrogen-bond acceptors (Lipinski definition) is 1. The third-order valence-electron chi connectivity index (χ3n) is 3.98. The summed E-state index contributed by atoms with van der Waals surface area (Å²) >= 11 is 6.36. The third kappa shape index (κ3) is 6.28. The maximum Gasteiger partial charge on any atom is 0.0456 e. The minimum Gasteiger partial charge on any atom is -0.313 e. The van der Waals surface area contributed by atoms with E-state index in [4.69, 9.17) is 11.6 Å². The molecule has 0 aliphatic rings. The van der Waals surface area contributed by atoms with Crippen LogP contribution in [0.4, 0.5) is 0 Å². The molecule has 1 rings (SSSR count). The zero-order chi connectivity index (χ0) is 14.8. The van der Waals surface area contributed by atoms with Crippen molar-refractivity contribution in [3.63, 3.8) is 0 Å². The van der Waals surface area contributed by atoms with E-state index in [1.165, 1.54) is 62.5 Å². The first-order chi connectivity index (χ1) is 9.69. The Labute approximate surface area is 130 Å². The summed E-state index contributed by atoms with van der Waals surface area (Å²) in [5, 5.41) is 4.30. The highest BCUT2D eigenvalue weighted by atomic mass is 35.5. The molecule has 1 nitrogen and oxygen atoms in total. The van der Waals surface area contributed by atoms with Crippen LogP contribution in [0.15, 0.2) is 18.2 Å². The largest absolute Gasteiger partial charge is 0.313 e. The molecule has 1 N–H and O–H groups in total. The van der Waals surface area contributed by atoms with Gasteiger partial charge >= 0.3 is 0 Å². The van der Waals surface area contributed by atoms with Gasteiger partial charge < -0.3 is 5.32 Å². The highest BCUT2D eigenvalue weighted by Gasteiger charge is 2.12. The lowest BCUT2D eigenvalue weighted by atomic mass is 9.98. The van der Waals surface area contributed by atoms with Crippen molar-refractivity contribution in [1.29, 1.82) is 0 Å². The van der Waals surface area contributed by atoms with Crippen molar-refractivity contribution in [2.45, 2.75) is 71.3 Å². The number of hydrogen-bond donors (Lipinski definition) is 1. The van der Waals surface area contributed by atoms with Crippen molar-refractivity contribution in [3.8, 4) is 0 Å². The molecule has 0 aromatic heterocycles. The standard InChI is InChI=1S/C18H30ClN/c1-4-5-6-7-8-9-10-11-18(20-3)16-13-12-15(2)14-17(16)19/h12-14,18,20H,4-11H2,1-3H3. The quantitative estimate of drug-likeness (QED) is 0.518. The zero-order valence-corrected chi connectivity index (χ0v) is 14.1. The van der Waals surface area contributed by atoms with Crippen LogP contribution < -0.4 is 5.32 Å². The van der Waals surface area contributed by atoms with E-state index in [0.717, 1.165) is 5.02 Å². The molecule has 20 heavy (non-hydrogen) atoms. The molecule has 2 heteroatoms. The Morgan fingerprint density at radius 2 is 1.70 bits per heavy atom. The normalized spacial score (nSPS) is 12.6. The molecule has 0 saturated heterocycles. The Morgan fingerprint density at radius 3 is 2.30 bits per heavy atom. The van der Waals surface area contributed by atoms with Crippen molar-refractivity contribution in [3.05, 3.63) is 34.3 Å². The lowest BCUT2D eigenvalue weighted by molar-refractivity contribution is 0.496. The Bertz CT molecular complexity index is 376. The van der Waals surface area contributed by atoms with Crippen molar-refractivity contribution >= 4 is 11.6 Å². The molecule has 0 spiro atoms. The van der Waals surface area contributed by atoms with Crippen LogP contribution in [0.1, 0.15) is 75.5 Å². The van der Waals surface area contributed by atoms with Crippen molar-refractivity contribution in [2.24, 2.45) is 0 Å². The van der Waals surface area contributed by atoms with E-state index in [-0.39, 0.29) is 0 Å². The summed E-state index contributed by atoms with van der Waals surface area (Å²) in [4.78, 5) is 0. The highest BCUT2D eigenvalue weighted by molar-refractivity contribution is 6.31. The summed E-state index contributed by atoms with van der Waals surface area (Å²) in [6.07, 6.45) is 10.7. The van der Waals surface area contributed by atoms with E-state index in [2.05, 4.69) is 37.4 Å². The maximum atomic E-state index is 6.36. The van der Waals surface area contributed by atoms with Gasteiger partial charge in [-0.25, -0.2) is 0 Å². The fourth-order valence-corrected chi connectivity index (χ4v) is 3.04. The van der Waals surface area contributed by atoms with Crippen LogP contribution >= 0.6 is 11.6 Å². The second-order valence-electron chi connectivity index (χ2n) is 5.78. The van der Waals surface area contributed by atoms with Gasteiger partial charge in [0.1, 0.15) is 0 Å². The number of halogens is 1. The van der Waals surface area contributed by atoms with Gasteiger partial charge in [-0.3, -0.25) is 0 Å². The van der Waals surface area contributed by atoms with Gasteiger partial charge in [0, 0.05) is 11.1 Å². The monoisotopic (exact) mass is 295 g/mol. The van der Waals surface area contributed by atoms with Gasteiger partial charge in [-0.2, -0.15) is 0 Å². The number of aryl methyl sites for hydroxylation is 1. The van der Waals surface area contributed by atoms with Gasteiger partial charge in [-0.15, -0.1) is 0 Å². The summed E-state index contributed by atoms with van der Waals surface area (Å²) in [5.41, 5.74) is 2.47.